The molecule has 0 saturated carbocycles. The molecule has 0 aromatic carbocycles. The van der Waals surface area contributed by atoms with Gasteiger partial charge in [0.1, 0.15) is 0 Å². The Kier molecular flexibility index (Phi) is 15.0. The number of hydrogen-bond acceptors (Lipinski definition) is 10. The van der Waals surface area contributed by atoms with Crippen LogP contribution in [-0.2, 0) is 41.1 Å². The molecule has 0 radical (unpaired) electrons. The first-order valence-corrected chi connectivity index (χ1v) is 21.1. The van der Waals surface area contributed by atoms with Crippen molar-refractivity contribution in [1.82, 2.24) is 0 Å². The van der Waals surface area contributed by atoms with Crippen molar-refractivity contribution in [3.05, 3.63) is 52.9 Å². The molecule has 5 rings (SSSR count). The van der Waals surface area contributed by atoms with Gasteiger partial charge >= 0.3 is 7.12 Å². The fourth-order valence-corrected chi connectivity index (χ4v) is 9.89. The van der Waals surface area contributed by atoms with E-state index in [-0.39, 0.29) is 18.3 Å². The maximum absolute atomic E-state index is 6.45. The van der Waals surface area contributed by atoms with E-state index in [1.165, 1.54) is 40.4 Å². The smallest absolute Gasteiger partial charge is 0.399 e. The van der Waals surface area contributed by atoms with Crippen molar-refractivity contribution in [1.29, 1.82) is 0 Å². The van der Waals surface area contributed by atoms with Gasteiger partial charge in [-0.1, -0.05) is 26.7 Å². The average Bonchev–Trinajstić information content (AvgIpc) is 3.90. The molecular formula is C38H53BO6S4. The van der Waals surface area contributed by atoms with Crippen LogP contribution in [0.25, 0.3) is 29.3 Å². The molecule has 268 valence electrons. The summed E-state index contributed by atoms with van der Waals surface area (Å²) in [5, 5.41) is 2.19. The molecule has 1 aliphatic rings. The van der Waals surface area contributed by atoms with Gasteiger partial charge in [0.15, 0.2) is 0 Å². The van der Waals surface area contributed by atoms with Crippen LogP contribution in [0.2, 0.25) is 0 Å². The minimum atomic E-state index is -0.381. The Balaban J connectivity index is 1.24. The van der Waals surface area contributed by atoms with Gasteiger partial charge in [0, 0.05) is 47.3 Å². The lowest BCUT2D eigenvalue weighted by Crippen LogP contribution is -2.41. The van der Waals surface area contributed by atoms with Gasteiger partial charge in [-0.25, -0.2) is 0 Å². The van der Waals surface area contributed by atoms with Gasteiger partial charge in [0.05, 0.1) is 50.8 Å². The zero-order valence-corrected chi connectivity index (χ0v) is 33.4. The number of thiophene rings is 4. The van der Waals surface area contributed by atoms with E-state index in [2.05, 4.69) is 83.3 Å². The molecule has 5 heterocycles. The Hall–Kier alpha value is -1.38. The normalized spacial score (nSPS) is 15.5. The minimum Gasteiger partial charge on any atom is -0.399 e. The lowest BCUT2D eigenvalue weighted by molar-refractivity contribution is 0.00578. The molecule has 4 aromatic heterocycles. The van der Waals surface area contributed by atoms with Crippen LogP contribution in [0, 0.1) is 0 Å². The largest absolute Gasteiger partial charge is 0.505 e. The molecule has 11 heteroatoms. The maximum Gasteiger partial charge on any atom is 0.505 e. The molecule has 1 aliphatic heterocycles. The second-order valence-electron chi connectivity index (χ2n) is 13.4. The van der Waals surface area contributed by atoms with Crippen molar-refractivity contribution < 1.29 is 28.3 Å². The summed E-state index contributed by atoms with van der Waals surface area (Å²) in [6, 6.07) is 13.6. The van der Waals surface area contributed by atoms with Crippen LogP contribution in [0.1, 0.15) is 78.4 Å². The molecule has 0 atom stereocenters. The Morgan fingerprint density at radius 3 is 1.61 bits per heavy atom. The lowest BCUT2D eigenvalue weighted by Gasteiger charge is -2.32. The Bertz CT molecular complexity index is 1540. The van der Waals surface area contributed by atoms with Crippen molar-refractivity contribution in [2.45, 2.75) is 91.3 Å². The first-order valence-electron chi connectivity index (χ1n) is 17.8. The topological polar surface area (TPSA) is 55.4 Å². The summed E-state index contributed by atoms with van der Waals surface area (Å²) in [6.45, 7) is 18.4. The second-order valence-corrected chi connectivity index (χ2v) is 17.5. The molecule has 0 unspecified atom stereocenters. The van der Waals surface area contributed by atoms with Gasteiger partial charge in [0.2, 0.25) is 0 Å². The zero-order chi connectivity index (χ0) is 34.7. The van der Waals surface area contributed by atoms with Crippen LogP contribution in [-0.4, -0.2) is 71.2 Å². The predicted molar refractivity (Wildman–Crippen MR) is 210 cm³/mol. The molecule has 6 nitrogen and oxygen atoms in total. The third kappa shape index (κ3) is 10.6. The van der Waals surface area contributed by atoms with Crippen molar-refractivity contribution in [3.8, 4) is 29.3 Å². The van der Waals surface area contributed by atoms with E-state index in [1.807, 2.05) is 34.0 Å². The Labute approximate surface area is 310 Å². The van der Waals surface area contributed by atoms with Crippen LogP contribution in [0.5, 0.6) is 0 Å². The Morgan fingerprint density at radius 1 is 0.571 bits per heavy atom. The van der Waals surface area contributed by atoms with Crippen LogP contribution in [0.15, 0.2) is 41.8 Å². The van der Waals surface area contributed by atoms with Crippen LogP contribution in [0.3, 0.4) is 0 Å². The first-order chi connectivity index (χ1) is 23.7. The van der Waals surface area contributed by atoms with E-state index >= 15 is 0 Å². The highest BCUT2D eigenvalue weighted by Crippen LogP contribution is 2.44. The fourth-order valence-electron chi connectivity index (χ4n) is 5.35. The Morgan fingerprint density at radius 2 is 1.06 bits per heavy atom. The SMILES string of the molecule is CCCCOCCOCCc1ccsc1-c1ccc(-c2ccc(-c3sc(B4OC(C)(C)C(C)(C)O4)cc3CCOCCOCCCC)s2)s1. The highest BCUT2D eigenvalue weighted by molar-refractivity contribution is 7.30. The molecule has 0 bridgehead atoms. The number of rotatable bonds is 22. The van der Waals surface area contributed by atoms with Gasteiger partial charge in [-0.05, 0) is 106 Å². The standard InChI is InChI=1S/C38H53BO6S4/c1-7-9-18-40-22-24-42-20-15-28-17-26-46-35(28)32-13-11-30(47-32)31-12-14-33(48-31)36-29(16-21-43-25-23-41-19-10-8-2)27-34(49-36)39-44-37(3,4)38(5,6)45-39/h11-14,17,26-27H,7-10,15-16,18-25H2,1-6H3. The molecule has 1 saturated heterocycles. The van der Waals surface area contributed by atoms with Crippen molar-refractivity contribution in [3.63, 3.8) is 0 Å². The lowest BCUT2D eigenvalue weighted by atomic mass is 9.87. The number of hydrogen-bond donors (Lipinski definition) is 0. The van der Waals surface area contributed by atoms with Crippen molar-refractivity contribution in [2.75, 3.05) is 52.9 Å². The van der Waals surface area contributed by atoms with Crippen LogP contribution < -0.4 is 4.78 Å². The quantitative estimate of drug-likeness (QED) is 0.0590. The van der Waals surface area contributed by atoms with Crippen molar-refractivity contribution >= 4 is 57.2 Å². The van der Waals surface area contributed by atoms with Gasteiger partial charge in [-0.15, -0.1) is 45.3 Å². The molecule has 1 fully saturated rings. The average molecular weight is 745 g/mol. The maximum atomic E-state index is 6.45. The summed E-state index contributed by atoms with van der Waals surface area (Å²) in [4.78, 5) is 7.78. The molecule has 0 aliphatic carbocycles. The monoisotopic (exact) mass is 744 g/mol. The minimum absolute atomic E-state index is 0.376. The van der Waals surface area contributed by atoms with E-state index in [4.69, 9.17) is 28.3 Å². The molecular weight excluding hydrogens is 691 g/mol. The molecule has 4 aromatic rings. The first kappa shape index (κ1) is 38.8. The van der Waals surface area contributed by atoms with Gasteiger partial charge in [-0.3, -0.25) is 0 Å². The van der Waals surface area contributed by atoms with Gasteiger partial charge in [0.25, 0.3) is 0 Å². The summed E-state index contributed by atoms with van der Waals surface area (Å²) < 4.78 is 37.2. The van der Waals surface area contributed by atoms with E-state index in [1.54, 1.807) is 11.3 Å². The van der Waals surface area contributed by atoms with Crippen LogP contribution >= 0.6 is 45.3 Å². The molecule has 0 amide bonds. The summed E-state index contributed by atoms with van der Waals surface area (Å²) in [5.41, 5.74) is 1.87. The summed E-state index contributed by atoms with van der Waals surface area (Å²) in [6.07, 6.45) is 6.24. The molecule has 0 N–H and O–H groups in total. The third-order valence-electron chi connectivity index (χ3n) is 9.02. The number of ether oxygens (including phenoxy) is 4. The zero-order valence-electron chi connectivity index (χ0n) is 30.1. The van der Waals surface area contributed by atoms with E-state index in [0.717, 1.165) is 56.5 Å². The highest BCUT2D eigenvalue weighted by atomic mass is 32.1. The molecule has 0 spiro atoms. The fraction of sp³-hybridized carbons (Fsp3) is 0.579. The third-order valence-corrected chi connectivity index (χ3v) is 13.9. The summed E-state index contributed by atoms with van der Waals surface area (Å²) in [5.74, 6) is 0. The number of unbranched alkanes of at least 4 members (excludes halogenated alkanes) is 2. The summed E-state index contributed by atoms with van der Waals surface area (Å²) in [7, 11) is -0.376. The van der Waals surface area contributed by atoms with Gasteiger partial charge in [-0.2, -0.15) is 0 Å². The van der Waals surface area contributed by atoms with Crippen molar-refractivity contribution in [2.24, 2.45) is 0 Å². The van der Waals surface area contributed by atoms with E-state index in [0.29, 0.717) is 39.6 Å². The van der Waals surface area contributed by atoms with E-state index < -0.39 is 0 Å². The van der Waals surface area contributed by atoms with Crippen LogP contribution in [0.4, 0.5) is 0 Å². The summed E-state index contributed by atoms with van der Waals surface area (Å²) >= 11 is 7.32. The second kappa shape index (κ2) is 18.9. The van der Waals surface area contributed by atoms with Gasteiger partial charge < -0.3 is 28.3 Å². The molecule has 49 heavy (non-hydrogen) atoms. The predicted octanol–water partition coefficient (Wildman–Crippen LogP) is 9.98. The highest BCUT2D eigenvalue weighted by Gasteiger charge is 2.52. The van der Waals surface area contributed by atoms with E-state index in [9.17, 15) is 0 Å².